The number of rotatable bonds is 6. The smallest absolute Gasteiger partial charge is 0.00720 e. The molecule has 0 aliphatic rings. The van der Waals surface area contributed by atoms with Crippen molar-refractivity contribution in [1.29, 1.82) is 0 Å². The fourth-order valence-electron chi connectivity index (χ4n) is 1.55. The predicted molar refractivity (Wildman–Crippen MR) is 69.4 cm³/mol. The second-order valence-electron chi connectivity index (χ2n) is 3.95. The minimum absolute atomic E-state index is 0.333. The van der Waals surface area contributed by atoms with Gasteiger partial charge in [0.05, 0.1) is 0 Å². The first-order chi connectivity index (χ1) is 7.22. The van der Waals surface area contributed by atoms with Crippen molar-refractivity contribution in [3.8, 4) is 0 Å². The van der Waals surface area contributed by atoms with Crippen LogP contribution in [0.15, 0.2) is 29.2 Å². The van der Waals surface area contributed by atoms with Gasteiger partial charge in [-0.15, -0.1) is 11.8 Å². The Morgan fingerprint density at radius 2 is 1.93 bits per heavy atom. The van der Waals surface area contributed by atoms with Crippen LogP contribution in [-0.4, -0.2) is 11.8 Å². The summed E-state index contributed by atoms with van der Waals surface area (Å²) in [4.78, 5) is 1.37. The van der Waals surface area contributed by atoms with Crippen LogP contribution in [0.3, 0.4) is 0 Å². The molecule has 1 rings (SSSR count). The van der Waals surface area contributed by atoms with Gasteiger partial charge in [-0.1, -0.05) is 19.1 Å². The van der Waals surface area contributed by atoms with E-state index in [-0.39, 0.29) is 0 Å². The maximum Gasteiger partial charge on any atom is 0.00720 e. The molecule has 0 saturated heterocycles. The highest BCUT2D eigenvalue weighted by Crippen LogP contribution is 2.18. The summed E-state index contributed by atoms with van der Waals surface area (Å²) in [5.74, 6) is 1.14. The van der Waals surface area contributed by atoms with Gasteiger partial charge < -0.3 is 5.73 Å². The first-order valence-electron chi connectivity index (χ1n) is 5.69. The molecule has 0 aliphatic heterocycles. The Morgan fingerprint density at radius 3 is 2.47 bits per heavy atom. The summed E-state index contributed by atoms with van der Waals surface area (Å²) in [6, 6.07) is 9.24. The largest absolute Gasteiger partial charge is 0.328 e. The van der Waals surface area contributed by atoms with Crippen molar-refractivity contribution in [2.75, 3.05) is 5.75 Å². The monoisotopic (exact) mass is 223 g/mol. The van der Waals surface area contributed by atoms with E-state index >= 15 is 0 Å². The quantitative estimate of drug-likeness (QED) is 0.747. The molecule has 1 unspecified atom stereocenters. The zero-order valence-electron chi connectivity index (χ0n) is 9.70. The van der Waals surface area contributed by atoms with E-state index in [1.165, 1.54) is 16.9 Å². The highest BCUT2D eigenvalue weighted by atomic mass is 32.2. The highest BCUT2D eigenvalue weighted by molar-refractivity contribution is 7.99. The van der Waals surface area contributed by atoms with Crippen LogP contribution in [0.1, 0.15) is 32.3 Å². The molecule has 0 aromatic heterocycles. The molecule has 0 saturated carbocycles. The molecule has 0 heterocycles. The number of thioether (sulfide) groups is 1. The molecular formula is C13H21NS. The topological polar surface area (TPSA) is 26.0 Å². The van der Waals surface area contributed by atoms with E-state index in [0.29, 0.717) is 6.04 Å². The molecule has 1 aromatic rings. The Bertz CT molecular complexity index is 266. The molecule has 2 heteroatoms. The standard InChI is InChI=1S/C13H21NS/c1-3-15-13-9-7-12(8-10-13)6-4-5-11(2)14/h7-11H,3-6,14H2,1-2H3. The van der Waals surface area contributed by atoms with Crippen LogP contribution in [0, 0.1) is 0 Å². The molecular weight excluding hydrogens is 202 g/mol. The summed E-state index contributed by atoms with van der Waals surface area (Å²) in [6.45, 7) is 4.25. The van der Waals surface area contributed by atoms with Crippen molar-refractivity contribution in [3.63, 3.8) is 0 Å². The van der Waals surface area contributed by atoms with Crippen molar-refractivity contribution in [2.24, 2.45) is 5.73 Å². The summed E-state index contributed by atoms with van der Waals surface area (Å²) in [5.41, 5.74) is 7.14. The minimum atomic E-state index is 0.333. The van der Waals surface area contributed by atoms with Gasteiger partial charge in [-0.3, -0.25) is 0 Å². The van der Waals surface area contributed by atoms with Crippen LogP contribution >= 0.6 is 11.8 Å². The molecule has 84 valence electrons. The van der Waals surface area contributed by atoms with E-state index < -0.39 is 0 Å². The van der Waals surface area contributed by atoms with Crippen LogP contribution in [0.25, 0.3) is 0 Å². The SMILES string of the molecule is CCSc1ccc(CCCC(C)N)cc1. The Hall–Kier alpha value is -0.470. The fourth-order valence-corrected chi connectivity index (χ4v) is 2.21. The van der Waals surface area contributed by atoms with Crippen molar-refractivity contribution < 1.29 is 0 Å². The van der Waals surface area contributed by atoms with Crippen molar-refractivity contribution in [1.82, 2.24) is 0 Å². The first-order valence-corrected chi connectivity index (χ1v) is 6.68. The summed E-state index contributed by atoms with van der Waals surface area (Å²) < 4.78 is 0. The fraction of sp³-hybridized carbons (Fsp3) is 0.538. The summed E-state index contributed by atoms with van der Waals surface area (Å²) in [7, 11) is 0. The van der Waals surface area contributed by atoms with Gasteiger partial charge >= 0.3 is 0 Å². The van der Waals surface area contributed by atoms with Crippen LogP contribution in [-0.2, 0) is 6.42 Å². The van der Waals surface area contributed by atoms with E-state index in [2.05, 4.69) is 38.1 Å². The third-order valence-electron chi connectivity index (χ3n) is 2.36. The molecule has 1 atom stereocenters. The van der Waals surface area contributed by atoms with E-state index in [0.717, 1.165) is 18.6 Å². The Kier molecular flexibility index (Phi) is 5.81. The lowest BCUT2D eigenvalue weighted by Gasteiger charge is -2.05. The Balaban J connectivity index is 2.36. The number of nitrogens with two attached hydrogens (primary N) is 1. The van der Waals surface area contributed by atoms with Crippen LogP contribution < -0.4 is 5.73 Å². The second kappa shape index (κ2) is 6.91. The molecule has 0 amide bonds. The van der Waals surface area contributed by atoms with Gasteiger partial charge in [-0.25, -0.2) is 0 Å². The zero-order chi connectivity index (χ0) is 11.1. The van der Waals surface area contributed by atoms with Gasteiger partial charge in [-0.2, -0.15) is 0 Å². The second-order valence-corrected chi connectivity index (χ2v) is 5.28. The molecule has 0 aliphatic carbocycles. The lowest BCUT2D eigenvalue weighted by molar-refractivity contribution is 0.624. The number of hydrogen-bond donors (Lipinski definition) is 1. The van der Waals surface area contributed by atoms with Gasteiger partial charge in [0.2, 0.25) is 0 Å². The van der Waals surface area contributed by atoms with E-state index in [4.69, 9.17) is 5.73 Å². The number of aryl methyl sites for hydroxylation is 1. The molecule has 0 bridgehead atoms. The lowest BCUT2D eigenvalue weighted by atomic mass is 10.1. The number of benzene rings is 1. The summed E-state index contributed by atoms with van der Waals surface area (Å²) in [5, 5.41) is 0. The average molecular weight is 223 g/mol. The maximum atomic E-state index is 5.72. The third kappa shape index (κ3) is 5.24. The van der Waals surface area contributed by atoms with E-state index in [1.807, 2.05) is 11.8 Å². The third-order valence-corrected chi connectivity index (χ3v) is 3.25. The van der Waals surface area contributed by atoms with Gasteiger partial charge in [0.25, 0.3) is 0 Å². The van der Waals surface area contributed by atoms with Crippen LogP contribution in [0.4, 0.5) is 0 Å². The molecule has 2 N–H and O–H groups in total. The Morgan fingerprint density at radius 1 is 1.27 bits per heavy atom. The van der Waals surface area contributed by atoms with Crippen molar-refractivity contribution in [2.45, 2.75) is 44.0 Å². The van der Waals surface area contributed by atoms with Crippen molar-refractivity contribution in [3.05, 3.63) is 29.8 Å². The predicted octanol–water partition coefficient (Wildman–Crippen LogP) is 3.47. The molecule has 0 radical (unpaired) electrons. The van der Waals surface area contributed by atoms with E-state index in [9.17, 15) is 0 Å². The van der Waals surface area contributed by atoms with Crippen LogP contribution in [0.5, 0.6) is 0 Å². The van der Waals surface area contributed by atoms with Gasteiger partial charge in [0.1, 0.15) is 0 Å². The minimum Gasteiger partial charge on any atom is -0.328 e. The molecule has 15 heavy (non-hydrogen) atoms. The van der Waals surface area contributed by atoms with E-state index in [1.54, 1.807) is 0 Å². The molecule has 1 nitrogen and oxygen atoms in total. The summed E-state index contributed by atoms with van der Waals surface area (Å²) in [6.07, 6.45) is 3.46. The van der Waals surface area contributed by atoms with Gasteiger partial charge in [-0.05, 0) is 49.6 Å². The average Bonchev–Trinajstić information content (AvgIpc) is 2.20. The van der Waals surface area contributed by atoms with Crippen molar-refractivity contribution >= 4 is 11.8 Å². The maximum absolute atomic E-state index is 5.72. The molecule has 0 fully saturated rings. The molecule has 1 aromatic carbocycles. The van der Waals surface area contributed by atoms with Gasteiger partial charge in [0.15, 0.2) is 0 Å². The molecule has 0 spiro atoms. The van der Waals surface area contributed by atoms with Gasteiger partial charge in [0, 0.05) is 10.9 Å². The zero-order valence-corrected chi connectivity index (χ0v) is 10.5. The normalized spacial score (nSPS) is 12.7. The summed E-state index contributed by atoms with van der Waals surface area (Å²) >= 11 is 1.89. The Labute approximate surface area is 97.4 Å². The lowest BCUT2D eigenvalue weighted by Crippen LogP contribution is -2.14. The number of hydrogen-bond acceptors (Lipinski definition) is 2. The highest BCUT2D eigenvalue weighted by Gasteiger charge is 1.97. The first kappa shape index (κ1) is 12.6. The van der Waals surface area contributed by atoms with Crippen LogP contribution in [0.2, 0.25) is 0 Å².